The quantitative estimate of drug-likeness (QED) is 0.0264. The molecule has 0 radical (unpaired) electrons. The van der Waals surface area contributed by atoms with Crippen molar-refractivity contribution in [1.29, 1.82) is 0 Å². The number of ether oxygens (including phenoxy) is 2. The Kier molecular flexibility index (Phi) is 74.0. The summed E-state index contributed by atoms with van der Waals surface area (Å²) >= 11 is 0. The molecule has 2 unspecified atom stereocenters. The summed E-state index contributed by atoms with van der Waals surface area (Å²) in [5, 5.41) is 0. The molecule has 0 aliphatic rings. The molecule has 0 amide bonds. The van der Waals surface area contributed by atoms with E-state index in [0.29, 0.717) is 6.42 Å². The SMILES string of the molecule is CC/C=C\C/C=C\C/C=C\C/C=C\C/C=C\C/C=C\CCCCCCCCCCCCCCC(=O)OC(COC(=O)CCCCCCCCCCCCCCCCCCCCCCCCCCC/C=C\C/C=C\C/C=C\C/C=C\C/C=C\CC)COP(=O)(O)OCCN. The van der Waals surface area contributed by atoms with Gasteiger partial charge in [0.25, 0.3) is 0 Å². The number of hydrogen-bond donors (Lipinski definition) is 2. The molecule has 0 bridgehead atoms. The summed E-state index contributed by atoms with van der Waals surface area (Å²) in [4.78, 5) is 35.4. The van der Waals surface area contributed by atoms with Crippen LogP contribution in [0.5, 0.6) is 0 Å². The molecule has 0 rings (SSSR count). The van der Waals surface area contributed by atoms with E-state index >= 15 is 0 Å². The van der Waals surface area contributed by atoms with Crippen molar-refractivity contribution in [1.82, 2.24) is 0 Å². The van der Waals surface area contributed by atoms with Gasteiger partial charge in [0.2, 0.25) is 0 Å². The number of phosphoric acid groups is 1. The first-order chi connectivity index (χ1) is 45.8. The number of rotatable bonds is 72. The van der Waals surface area contributed by atoms with E-state index < -0.39 is 26.5 Å². The van der Waals surface area contributed by atoms with Gasteiger partial charge in [-0.3, -0.25) is 18.6 Å². The van der Waals surface area contributed by atoms with Gasteiger partial charge in [0.15, 0.2) is 6.10 Å². The Morgan fingerprint density at radius 2 is 0.559 bits per heavy atom. The number of nitrogens with two attached hydrogens (primary N) is 1. The van der Waals surface area contributed by atoms with Crippen LogP contribution in [0.1, 0.15) is 348 Å². The van der Waals surface area contributed by atoms with Crippen LogP contribution in [0.25, 0.3) is 0 Å². The molecule has 0 spiro atoms. The summed E-state index contributed by atoms with van der Waals surface area (Å²) in [6.45, 7) is 3.55. The second-order valence-corrected chi connectivity index (χ2v) is 26.9. The van der Waals surface area contributed by atoms with Crippen LogP contribution in [0.2, 0.25) is 0 Å². The zero-order chi connectivity index (χ0) is 67.2. The molecule has 0 fully saturated rings. The lowest BCUT2D eigenvalue weighted by atomic mass is 10.0. The first-order valence-corrected chi connectivity index (χ1v) is 40.2. The molecule has 0 aromatic carbocycles. The number of phosphoric ester groups is 1. The van der Waals surface area contributed by atoms with Crippen molar-refractivity contribution in [2.24, 2.45) is 5.73 Å². The van der Waals surface area contributed by atoms with Crippen LogP contribution in [0.15, 0.2) is 134 Å². The second-order valence-electron chi connectivity index (χ2n) is 25.5. The number of unbranched alkanes of at least 4 members (excludes halogenated alkanes) is 37. The van der Waals surface area contributed by atoms with E-state index in [1.165, 1.54) is 205 Å². The van der Waals surface area contributed by atoms with E-state index in [1.807, 2.05) is 0 Å². The van der Waals surface area contributed by atoms with Crippen LogP contribution < -0.4 is 5.73 Å². The Labute approximate surface area is 574 Å². The average Bonchev–Trinajstić information content (AvgIpc) is 3.70. The molecule has 93 heavy (non-hydrogen) atoms. The lowest BCUT2D eigenvalue weighted by molar-refractivity contribution is -0.161. The fraction of sp³-hybridized carbons (Fsp3) is 0.711. The van der Waals surface area contributed by atoms with Gasteiger partial charge in [0.1, 0.15) is 6.61 Å². The third kappa shape index (κ3) is 77.0. The Morgan fingerprint density at radius 1 is 0.323 bits per heavy atom. The van der Waals surface area contributed by atoms with Crippen molar-refractivity contribution < 1.29 is 37.6 Å². The number of hydrogen-bond acceptors (Lipinski definition) is 8. The standard InChI is InChI=1S/C83H144NO8P/c1-3-5-7-9-11-13-15-17-19-21-23-25-27-29-31-33-35-36-37-38-39-40-41-42-43-44-46-47-49-51-53-55-57-59-61-63-65-67-69-71-73-75-82(85)89-79-81(80-91-93(87,88)90-78-77-84)92-83(86)76-74-72-70-68-66-64-62-60-58-56-54-52-50-48-45-34-32-30-28-26-24-22-20-18-16-14-12-10-8-6-4-2/h5-8,11-14,17-20,23-26,29-32,45,48,81H,3-4,9-10,15-16,21-22,27-28,33-44,46-47,49-80,84H2,1-2H3,(H,87,88)/b7-5-,8-6-,13-11-,14-12-,19-17-,20-18-,25-23-,26-24-,31-29-,32-30-,48-45-. The molecular formula is C83H144NO8P. The molecule has 0 saturated heterocycles. The highest BCUT2D eigenvalue weighted by Crippen LogP contribution is 2.43. The third-order valence-corrected chi connectivity index (χ3v) is 17.5. The third-order valence-electron chi connectivity index (χ3n) is 16.5. The first-order valence-electron chi connectivity index (χ1n) is 38.7. The second kappa shape index (κ2) is 77.2. The lowest BCUT2D eigenvalue weighted by Crippen LogP contribution is -2.29. The summed E-state index contributed by atoms with van der Waals surface area (Å²) in [7, 11) is -4.40. The summed E-state index contributed by atoms with van der Waals surface area (Å²) in [5.74, 6) is -0.820. The maximum atomic E-state index is 12.8. The van der Waals surface area contributed by atoms with E-state index in [2.05, 4.69) is 148 Å². The Bertz CT molecular complexity index is 1990. The van der Waals surface area contributed by atoms with E-state index in [4.69, 9.17) is 24.3 Å². The summed E-state index contributed by atoms with van der Waals surface area (Å²) in [6.07, 6.45) is 110. The molecule has 10 heteroatoms. The molecule has 0 aliphatic heterocycles. The van der Waals surface area contributed by atoms with Crippen molar-refractivity contribution in [3.05, 3.63) is 134 Å². The van der Waals surface area contributed by atoms with E-state index in [9.17, 15) is 19.0 Å². The van der Waals surface area contributed by atoms with Gasteiger partial charge in [-0.1, -0.05) is 359 Å². The van der Waals surface area contributed by atoms with Crippen LogP contribution in [-0.2, 0) is 32.7 Å². The maximum absolute atomic E-state index is 12.8. The highest BCUT2D eigenvalue weighted by Gasteiger charge is 2.26. The Balaban J connectivity index is 3.81. The van der Waals surface area contributed by atoms with Crippen molar-refractivity contribution >= 4 is 19.8 Å². The van der Waals surface area contributed by atoms with Crippen LogP contribution in [0, 0.1) is 0 Å². The van der Waals surface area contributed by atoms with Gasteiger partial charge in [-0.25, -0.2) is 4.57 Å². The molecule has 0 aromatic rings. The molecule has 0 aromatic heterocycles. The molecule has 0 saturated carbocycles. The zero-order valence-electron chi connectivity index (χ0n) is 60.2. The average molecular weight is 1320 g/mol. The smallest absolute Gasteiger partial charge is 0.462 e. The van der Waals surface area contributed by atoms with E-state index in [1.54, 1.807) is 0 Å². The molecule has 534 valence electrons. The normalized spacial score (nSPS) is 13.6. The van der Waals surface area contributed by atoms with Gasteiger partial charge >= 0.3 is 19.8 Å². The summed E-state index contributed by atoms with van der Waals surface area (Å²) < 4.78 is 33.3. The number of esters is 2. The minimum atomic E-state index is -4.40. The lowest BCUT2D eigenvalue weighted by Gasteiger charge is -2.19. The summed E-state index contributed by atoms with van der Waals surface area (Å²) in [5.41, 5.74) is 5.41. The zero-order valence-corrected chi connectivity index (χ0v) is 61.1. The van der Waals surface area contributed by atoms with Gasteiger partial charge in [0.05, 0.1) is 13.2 Å². The first kappa shape index (κ1) is 89.2. The van der Waals surface area contributed by atoms with Crippen molar-refractivity contribution in [2.75, 3.05) is 26.4 Å². The largest absolute Gasteiger partial charge is 0.472 e. The van der Waals surface area contributed by atoms with Crippen molar-refractivity contribution in [3.8, 4) is 0 Å². The van der Waals surface area contributed by atoms with Crippen LogP contribution in [0.4, 0.5) is 0 Å². The fourth-order valence-electron chi connectivity index (χ4n) is 10.9. The fourth-order valence-corrected chi connectivity index (χ4v) is 11.7. The molecule has 0 heterocycles. The van der Waals surface area contributed by atoms with Crippen molar-refractivity contribution in [3.63, 3.8) is 0 Å². The predicted molar refractivity (Wildman–Crippen MR) is 404 cm³/mol. The minimum Gasteiger partial charge on any atom is -0.462 e. The molecule has 9 nitrogen and oxygen atoms in total. The van der Waals surface area contributed by atoms with Gasteiger partial charge in [-0.05, 0) is 109 Å². The highest BCUT2D eigenvalue weighted by atomic mass is 31.2. The van der Waals surface area contributed by atoms with Gasteiger partial charge in [-0.15, -0.1) is 0 Å². The van der Waals surface area contributed by atoms with Gasteiger partial charge in [-0.2, -0.15) is 0 Å². The van der Waals surface area contributed by atoms with Crippen LogP contribution in [0.3, 0.4) is 0 Å². The highest BCUT2D eigenvalue weighted by molar-refractivity contribution is 7.47. The molecule has 0 aliphatic carbocycles. The number of carbonyl (C=O) groups excluding carboxylic acids is 2. The monoisotopic (exact) mass is 1310 g/mol. The molecule has 2 atom stereocenters. The minimum absolute atomic E-state index is 0.0501. The van der Waals surface area contributed by atoms with E-state index in [0.717, 1.165) is 109 Å². The summed E-state index contributed by atoms with van der Waals surface area (Å²) in [6, 6.07) is 0. The Morgan fingerprint density at radius 3 is 0.828 bits per heavy atom. The Hall–Kier alpha value is -3.85. The molecule has 3 N–H and O–H groups in total. The number of carbonyl (C=O) groups is 2. The predicted octanol–water partition coefficient (Wildman–Crippen LogP) is 26.0. The number of allylic oxidation sites excluding steroid dienone is 22. The molecular weight excluding hydrogens is 1170 g/mol. The van der Waals surface area contributed by atoms with E-state index in [-0.39, 0.29) is 38.6 Å². The van der Waals surface area contributed by atoms with Crippen LogP contribution >= 0.6 is 7.82 Å². The van der Waals surface area contributed by atoms with Gasteiger partial charge in [0, 0.05) is 19.4 Å². The maximum Gasteiger partial charge on any atom is 0.472 e. The van der Waals surface area contributed by atoms with Crippen molar-refractivity contribution in [2.45, 2.75) is 354 Å². The van der Waals surface area contributed by atoms with Crippen LogP contribution in [-0.4, -0.2) is 49.3 Å². The van der Waals surface area contributed by atoms with Gasteiger partial charge < -0.3 is 20.1 Å². The topological polar surface area (TPSA) is 134 Å².